The van der Waals surface area contributed by atoms with E-state index in [1.165, 1.54) is 0 Å². The van der Waals surface area contributed by atoms with Crippen LogP contribution in [0.2, 0.25) is 0 Å². The van der Waals surface area contributed by atoms with Crippen LogP contribution < -0.4 is 5.73 Å². The average Bonchev–Trinajstić information content (AvgIpc) is 2.49. The van der Waals surface area contributed by atoms with E-state index in [0.29, 0.717) is 24.3 Å². The Kier molecular flexibility index (Phi) is 4.74. The molecule has 1 heterocycles. The maximum Gasteiger partial charge on any atom is 0.209 e. The Labute approximate surface area is 119 Å². The Bertz CT molecular complexity index is 465. The van der Waals surface area contributed by atoms with Gasteiger partial charge >= 0.3 is 0 Å². The predicted molar refractivity (Wildman–Crippen MR) is 78.5 cm³/mol. The number of hydrogen-bond donors (Lipinski definition) is 1. The zero-order chi connectivity index (χ0) is 14.5. The van der Waals surface area contributed by atoms with Crippen LogP contribution in [0, 0.1) is 0 Å². The first-order valence-corrected chi connectivity index (χ1v) is 6.99. The third-order valence-electron chi connectivity index (χ3n) is 3.82. The summed E-state index contributed by atoms with van der Waals surface area (Å²) in [6.45, 7) is 4.89. The lowest BCUT2D eigenvalue weighted by Crippen LogP contribution is -2.52. The van der Waals surface area contributed by atoms with Gasteiger partial charge in [0.2, 0.25) is 6.41 Å². The van der Waals surface area contributed by atoms with Crippen molar-refractivity contribution in [2.75, 3.05) is 31.9 Å². The van der Waals surface area contributed by atoms with Gasteiger partial charge in [-0.1, -0.05) is 6.92 Å². The summed E-state index contributed by atoms with van der Waals surface area (Å²) in [6.07, 6.45) is 1.64. The Balaban J connectivity index is 2.06. The number of amides is 1. The largest absolute Gasteiger partial charge is 0.399 e. The highest BCUT2D eigenvalue weighted by Crippen LogP contribution is 2.15. The van der Waals surface area contributed by atoms with Crippen LogP contribution in [0.4, 0.5) is 5.69 Å². The first-order valence-electron chi connectivity index (χ1n) is 6.99. The molecule has 5 heteroatoms. The van der Waals surface area contributed by atoms with Crippen molar-refractivity contribution < 1.29 is 9.59 Å². The Morgan fingerprint density at radius 1 is 1.25 bits per heavy atom. The summed E-state index contributed by atoms with van der Waals surface area (Å²) in [6, 6.07) is 6.95. The number of ketones is 1. The number of carbonyl (C=O) groups is 2. The van der Waals surface area contributed by atoms with E-state index in [0.717, 1.165) is 25.9 Å². The minimum Gasteiger partial charge on any atom is -0.399 e. The smallest absolute Gasteiger partial charge is 0.209 e. The van der Waals surface area contributed by atoms with E-state index in [1.54, 1.807) is 29.2 Å². The number of Topliss-reactive ketones (excluding diaryl/α,β-unsaturated/α-hetero) is 1. The van der Waals surface area contributed by atoms with Crippen LogP contribution in [-0.2, 0) is 4.79 Å². The van der Waals surface area contributed by atoms with Crippen LogP contribution in [0.1, 0.15) is 23.7 Å². The van der Waals surface area contributed by atoms with Gasteiger partial charge in [0.05, 0.1) is 6.04 Å². The van der Waals surface area contributed by atoms with Gasteiger partial charge in [0.1, 0.15) is 0 Å². The van der Waals surface area contributed by atoms with Crippen molar-refractivity contribution in [2.45, 2.75) is 19.4 Å². The van der Waals surface area contributed by atoms with Crippen molar-refractivity contribution in [3.05, 3.63) is 29.8 Å². The molecule has 0 aliphatic carbocycles. The van der Waals surface area contributed by atoms with E-state index in [4.69, 9.17) is 5.73 Å². The van der Waals surface area contributed by atoms with E-state index in [9.17, 15) is 9.59 Å². The molecule has 1 saturated heterocycles. The summed E-state index contributed by atoms with van der Waals surface area (Å²) in [7, 11) is 0. The van der Waals surface area contributed by atoms with Crippen molar-refractivity contribution in [1.29, 1.82) is 0 Å². The van der Waals surface area contributed by atoms with Crippen LogP contribution in [0.5, 0.6) is 0 Å². The van der Waals surface area contributed by atoms with Crippen molar-refractivity contribution in [2.24, 2.45) is 0 Å². The number of nitrogens with two attached hydrogens (primary N) is 1. The van der Waals surface area contributed by atoms with Crippen LogP contribution in [0.25, 0.3) is 0 Å². The fourth-order valence-corrected chi connectivity index (χ4v) is 2.60. The highest BCUT2D eigenvalue weighted by atomic mass is 16.1. The molecule has 1 fully saturated rings. The lowest BCUT2D eigenvalue weighted by molar-refractivity contribution is -0.119. The van der Waals surface area contributed by atoms with Crippen molar-refractivity contribution >= 4 is 17.9 Å². The number of benzene rings is 1. The van der Waals surface area contributed by atoms with E-state index in [1.807, 2.05) is 6.92 Å². The second kappa shape index (κ2) is 6.52. The predicted octanol–water partition coefficient (Wildman–Crippen LogP) is 1.00. The summed E-state index contributed by atoms with van der Waals surface area (Å²) in [4.78, 5) is 27.2. The Morgan fingerprint density at radius 2 is 1.85 bits per heavy atom. The Morgan fingerprint density at radius 3 is 2.35 bits per heavy atom. The van der Waals surface area contributed by atoms with Crippen molar-refractivity contribution in [1.82, 2.24) is 9.80 Å². The van der Waals surface area contributed by atoms with Gasteiger partial charge in [0, 0.05) is 37.4 Å². The van der Waals surface area contributed by atoms with E-state index >= 15 is 0 Å². The number of carbonyl (C=O) groups excluding carboxylic acids is 2. The molecule has 0 saturated carbocycles. The quantitative estimate of drug-likeness (QED) is 0.494. The maximum atomic E-state index is 12.6. The van der Waals surface area contributed by atoms with Crippen LogP contribution in [-0.4, -0.2) is 54.2 Å². The minimum absolute atomic E-state index is 0.118. The molecule has 1 aliphatic heterocycles. The summed E-state index contributed by atoms with van der Waals surface area (Å²) < 4.78 is 0. The normalized spacial score (nSPS) is 17.8. The topological polar surface area (TPSA) is 66.6 Å². The molecule has 0 bridgehead atoms. The molecule has 0 aromatic heterocycles. The van der Waals surface area contributed by atoms with Gasteiger partial charge in [-0.15, -0.1) is 0 Å². The molecule has 1 amide bonds. The molecule has 2 N–H and O–H groups in total. The van der Waals surface area contributed by atoms with Gasteiger partial charge in [-0.05, 0) is 30.7 Å². The zero-order valence-corrected chi connectivity index (χ0v) is 11.8. The summed E-state index contributed by atoms with van der Waals surface area (Å²) in [5, 5.41) is 0. The molecule has 5 nitrogen and oxygen atoms in total. The standard InChI is InChI=1S/C15H21N3O2/c1-2-14(18-9-7-17(11-19)8-10-18)15(20)12-3-5-13(16)6-4-12/h3-6,11,14H,2,7-10,16H2,1H3. The van der Waals surface area contributed by atoms with Gasteiger partial charge in [0.25, 0.3) is 0 Å². The van der Waals surface area contributed by atoms with Crippen LogP contribution in [0.3, 0.4) is 0 Å². The number of nitrogen functional groups attached to an aromatic ring is 1. The fourth-order valence-electron chi connectivity index (χ4n) is 2.60. The monoisotopic (exact) mass is 275 g/mol. The van der Waals surface area contributed by atoms with Gasteiger partial charge in [0.15, 0.2) is 5.78 Å². The van der Waals surface area contributed by atoms with Gasteiger partial charge in [-0.2, -0.15) is 0 Å². The van der Waals surface area contributed by atoms with Gasteiger partial charge < -0.3 is 10.6 Å². The molecule has 0 radical (unpaired) electrons. The number of nitrogens with zero attached hydrogens (tertiary/aromatic N) is 2. The van der Waals surface area contributed by atoms with Crippen LogP contribution in [0.15, 0.2) is 24.3 Å². The summed E-state index contributed by atoms with van der Waals surface area (Å²) in [5.74, 6) is 0.132. The second-order valence-electron chi connectivity index (χ2n) is 5.09. The lowest BCUT2D eigenvalue weighted by Gasteiger charge is -2.37. The maximum absolute atomic E-state index is 12.6. The molecule has 1 aromatic carbocycles. The summed E-state index contributed by atoms with van der Waals surface area (Å²) in [5.41, 5.74) is 7.01. The molecule has 1 unspecified atom stereocenters. The van der Waals surface area contributed by atoms with Crippen molar-refractivity contribution in [3.63, 3.8) is 0 Å². The molecule has 20 heavy (non-hydrogen) atoms. The van der Waals surface area contributed by atoms with E-state index in [2.05, 4.69) is 4.90 Å². The van der Waals surface area contributed by atoms with Crippen LogP contribution >= 0.6 is 0 Å². The third kappa shape index (κ3) is 3.17. The first-order chi connectivity index (χ1) is 9.65. The molecule has 0 spiro atoms. The highest BCUT2D eigenvalue weighted by Gasteiger charge is 2.27. The molecule has 1 aliphatic rings. The molecule has 1 aromatic rings. The molecule has 108 valence electrons. The van der Waals surface area contributed by atoms with Gasteiger partial charge in [-0.25, -0.2) is 0 Å². The molecule has 1 atom stereocenters. The van der Waals surface area contributed by atoms with E-state index < -0.39 is 0 Å². The fraction of sp³-hybridized carbons (Fsp3) is 0.467. The number of rotatable bonds is 5. The zero-order valence-electron chi connectivity index (χ0n) is 11.8. The highest BCUT2D eigenvalue weighted by molar-refractivity contribution is 6.00. The third-order valence-corrected chi connectivity index (χ3v) is 3.82. The first kappa shape index (κ1) is 14.5. The number of anilines is 1. The molecule has 2 rings (SSSR count). The average molecular weight is 275 g/mol. The summed E-state index contributed by atoms with van der Waals surface area (Å²) >= 11 is 0. The lowest BCUT2D eigenvalue weighted by atomic mass is 10.00. The Hall–Kier alpha value is -1.88. The molecular weight excluding hydrogens is 254 g/mol. The van der Waals surface area contributed by atoms with E-state index in [-0.39, 0.29) is 11.8 Å². The number of hydrogen-bond acceptors (Lipinski definition) is 4. The van der Waals surface area contributed by atoms with Crippen molar-refractivity contribution in [3.8, 4) is 0 Å². The minimum atomic E-state index is -0.118. The number of piperazine rings is 1. The second-order valence-corrected chi connectivity index (χ2v) is 5.09. The SMILES string of the molecule is CCC(C(=O)c1ccc(N)cc1)N1CCN(C=O)CC1. The van der Waals surface area contributed by atoms with Gasteiger partial charge in [-0.3, -0.25) is 14.5 Å². The molecular formula is C15H21N3O2.